The molecule has 31 heavy (non-hydrogen) atoms. The molecule has 2 unspecified atom stereocenters. The highest BCUT2D eigenvalue weighted by atomic mass is 79.9. The van der Waals surface area contributed by atoms with E-state index in [0.717, 1.165) is 21.4 Å². The van der Waals surface area contributed by atoms with Gasteiger partial charge in [0.1, 0.15) is 12.1 Å². The molecule has 0 radical (unpaired) electrons. The smallest absolute Gasteiger partial charge is 0.326 e. The molecule has 2 aliphatic rings. The highest BCUT2D eigenvalue weighted by molar-refractivity contribution is 9.10. The molecule has 1 heterocycles. The predicted molar refractivity (Wildman–Crippen MR) is 118 cm³/mol. The van der Waals surface area contributed by atoms with Gasteiger partial charge in [0, 0.05) is 10.2 Å². The fourth-order valence-corrected chi connectivity index (χ4v) is 5.14. The molecular formula is C22H28BrN3O5. The number of hydrogen-bond donors (Lipinski definition) is 2. The Kier molecular flexibility index (Phi) is 6.45. The molecule has 2 fully saturated rings. The number of hydrogen-bond acceptors (Lipinski definition) is 5. The lowest BCUT2D eigenvalue weighted by Gasteiger charge is -2.43. The van der Waals surface area contributed by atoms with Crippen molar-refractivity contribution in [3.05, 3.63) is 28.2 Å². The molecular weight excluding hydrogens is 466 g/mol. The maximum Gasteiger partial charge on any atom is 0.326 e. The van der Waals surface area contributed by atoms with Crippen molar-refractivity contribution in [3.63, 3.8) is 0 Å². The number of ether oxygens (including phenoxy) is 1. The summed E-state index contributed by atoms with van der Waals surface area (Å²) < 4.78 is 5.91. The van der Waals surface area contributed by atoms with Crippen LogP contribution in [-0.4, -0.2) is 47.4 Å². The number of benzene rings is 1. The van der Waals surface area contributed by atoms with Gasteiger partial charge in [0.2, 0.25) is 0 Å². The molecule has 1 aliphatic carbocycles. The Hall–Kier alpha value is -2.42. The van der Waals surface area contributed by atoms with Crippen molar-refractivity contribution >= 4 is 45.4 Å². The number of nitrogens with one attached hydrogen (secondary N) is 2. The topological polar surface area (TPSA) is 105 Å². The summed E-state index contributed by atoms with van der Waals surface area (Å²) in [5.74, 6) is -1.45. The lowest BCUT2D eigenvalue weighted by atomic mass is 9.64. The molecule has 2 atom stereocenters. The molecule has 3 rings (SSSR count). The summed E-state index contributed by atoms with van der Waals surface area (Å²) >= 11 is 3.39. The zero-order chi connectivity index (χ0) is 23.0. The molecule has 1 aromatic rings. The summed E-state index contributed by atoms with van der Waals surface area (Å²) in [6.45, 7) is 7.07. The van der Waals surface area contributed by atoms with E-state index in [1.807, 2.05) is 6.92 Å². The number of nitrogens with zero attached hydrogens (tertiary/aromatic N) is 1. The van der Waals surface area contributed by atoms with Crippen LogP contribution in [0.3, 0.4) is 0 Å². The second kappa shape index (κ2) is 8.61. The van der Waals surface area contributed by atoms with Crippen LogP contribution >= 0.6 is 15.9 Å². The highest BCUT2D eigenvalue weighted by Gasteiger charge is 2.56. The zero-order valence-electron chi connectivity index (χ0n) is 18.2. The first-order valence-corrected chi connectivity index (χ1v) is 11.1. The number of halogens is 1. The summed E-state index contributed by atoms with van der Waals surface area (Å²) in [6.07, 6.45) is 2.03. The third kappa shape index (κ3) is 5.26. The molecule has 4 amide bonds. The predicted octanol–water partition coefficient (Wildman–Crippen LogP) is 3.38. The molecule has 1 saturated heterocycles. The van der Waals surface area contributed by atoms with E-state index in [2.05, 4.69) is 47.3 Å². The Bertz CT molecular complexity index is 932. The van der Waals surface area contributed by atoms with Crippen LogP contribution < -0.4 is 10.6 Å². The minimum Gasteiger partial charge on any atom is -0.454 e. The highest BCUT2D eigenvalue weighted by Crippen LogP contribution is 2.46. The number of urea groups is 1. The van der Waals surface area contributed by atoms with Crippen LogP contribution in [0.1, 0.15) is 45.6 Å². The third-order valence-corrected chi connectivity index (χ3v) is 6.61. The summed E-state index contributed by atoms with van der Waals surface area (Å²) in [7, 11) is 0. The van der Waals surface area contributed by atoms with Crippen molar-refractivity contribution in [1.82, 2.24) is 10.2 Å². The van der Waals surface area contributed by atoms with Crippen molar-refractivity contribution < 1.29 is 23.9 Å². The molecule has 0 bridgehead atoms. The van der Waals surface area contributed by atoms with Gasteiger partial charge in [-0.25, -0.2) is 4.79 Å². The van der Waals surface area contributed by atoms with Crippen LogP contribution in [0.25, 0.3) is 0 Å². The summed E-state index contributed by atoms with van der Waals surface area (Å²) in [6, 6.07) is 4.71. The molecule has 8 nitrogen and oxygen atoms in total. The number of anilines is 1. The fourth-order valence-electron chi connectivity index (χ4n) is 4.89. The number of esters is 1. The van der Waals surface area contributed by atoms with Crippen LogP contribution in [0.5, 0.6) is 0 Å². The van der Waals surface area contributed by atoms with Crippen LogP contribution in [0.4, 0.5) is 10.5 Å². The monoisotopic (exact) mass is 493 g/mol. The molecule has 168 valence electrons. The van der Waals surface area contributed by atoms with Crippen LogP contribution in [0, 0.1) is 18.3 Å². The fraction of sp³-hybridized carbons (Fsp3) is 0.545. The number of carbonyl (C=O) groups excluding carboxylic acids is 4. The van der Waals surface area contributed by atoms with Gasteiger partial charge >= 0.3 is 12.0 Å². The second-order valence-electron chi connectivity index (χ2n) is 9.43. The van der Waals surface area contributed by atoms with Crippen molar-refractivity contribution in [2.45, 2.75) is 52.5 Å². The van der Waals surface area contributed by atoms with Crippen LogP contribution in [0.2, 0.25) is 0 Å². The van der Waals surface area contributed by atoms with Gasteiger partial charge in [-0.15, -0.1) is 0 Å². The second-order valence-corrected chi connectivity index (χ2v) is 10.3. The Labute approximate surface area is 190 Å². The average Bonchev–Trinajstić information content (AvgIpc) is 2.84. The number of rotatable bonds is 5. The normalized spacial score (nSPS) is 24.8. The van der Waals surface area contributed by atoms with Gasteiger partial charge in [0.15, 0.2) is 6.61 Å². The van der Waals surface area contributed by atoms with Crippen LogP contribution in [0.15, 0.2) is 22.7 Å². The van der Waals surface area contributed by atoms with Crippen LogP contribution in [-0.2, 0) is 19.1 Å². The van der Waals surface area contributed by atoms with Gasteiger partial charge in [0.25, 0.3) is 11.8 Å². The van der Waals surface area contributed by atoms with Gasteiger partial charge in [-0.3, -0.25) is 19.3 Å². The first-order chi connectivity index (χ1) is 14.4. The maximum atomic E-state index is 13.1. The third-order valence-electron chi connectivity index (χ3n) is 5.72. The summed E-state index contributed by atoms with van der Waals surface area (Å²) in [4.78, 5) is 50.7. The van der Waals surface area contributed by atoms with E-state index in [0.29, 0.717) is 18.5 Å². The van der Waals surface area contributed by atoms with Gasteiger partial charge in [-0.05, 0) is 61.3 Å². The minimum absolute atomic E-state index is 0.0966. The molecule has 1 aromatic carbocycles. The van der Waals surface area contributed by atoms with Crippen molar-refractivity contribution in [2.75, 3.05) is 18.5 Å². The van der Waals surface area contributed by atoms with Gasteiger partial charge in [-0.2, -0.15) is 0 Å². The molecule has 1 aliphatic heterocycles. The first kappa shape index (κ1) is 23.2. The molecule has 2 N–H and O–H groups in total. The largest absolute Gasteiger partial charge is 0.454 e. The standard InChI is InChI=1S/C22H28BrN3O5/c1-13-8-21(3,4)12-22(9-13)19(29)26(20(30)25-22)10-18(28)31-11-17(27)24-15-5-6-16(23)14(2)7-15/h5-7,13H,8-12H2,1-4H3,(H,24,27)(H,25,30). The first-order valence-electron chi connectivity index (χ1n) is 10.3. The summed E-state index contributed by atoms with van der Waals surface area (Å²) in [5, 5.41) is 5.45. The Morgan fingerprint density at radius 1 is 1.29 bits per heavy atom. The molecule has 0 aromatic heterocycles. The van der Waals surface area contributed by atoms with Crippen molar-refractivity contribution in [3.8, 4) is 0 Å². The lowest BCUT2D eigenvalue weighted by molar-refractivity contribution is -0.150. The Morgan fingerprint density at radius 3 is 2.65 bits per heavy atom. The number of aryl methyl sites for hydroxylation is 1. The van der Waals surface area contributed by atoms with E-state index in [-0.39, 0.29) is 11.3 Å². The van der Waals surface area contributed by atoms with E-state index in [4.69, 9.17) is 4.74 Å². The molecule has 1 saturated carbocycles. The van der Waals surface area contributed by atoms with Crippen molar-refractivity contribution in [1.29, 1.82) is 0 Å². The lowest BCUT2D eigenvalue weighted by Crippen LogP contribution is -2.54. The Balaban J connectivity index is 1.55. The number of carbonyl (C=O) groups is 4. The van der Waals surface area contributed by atoms with Crippen molar-refractivity contribution in [2.24, 2.45) is 11.3 Å². The number of amides is 4. The summed E-state index contributed by atoms with van der Waals surface area (Å²) in [5.41, 5.74) is 0.449. The minimum atomic E-state index is -0.977. The van der Waals surface area contributed by atoms with Gasteiger partial charge in [-0.1, -0.05) is 36.7 Å². The molecule has 9 heteroatoms. The average molecular weight is 494 g/mol. The van der Waals surface area contributed by atoms with Gasteiger partial charge in [0.05, 0.1) is 0 Å². The van der Waals surface area contributed by atoms with E-state index in [9.17, 15) is 19.2 Å². The molecule has 1 spiro atoms. The van der Waals surface area contributed by atoms with E-state index in [1.165, 1.54) is 0 Å². The van der Waals surface area contributed by atoms with Gasteiger partial charge < -0.3 is 15.4 Å². The number of imide groups is 1. The zero-order valence-corrected chi connectivity index (χ0v) is 19.8. The van der Waals surface area contributed by atoms with E-state index in [1.54, 1.807) is 18.2 Å². The SMILES string of the molecule is Cc1cc(NC(=O)COC(=O)CN2C(=O)NC3(CC(C)CC(C)(C)C3)C2=O)ccc1Br. The van der Waals surface area contributed by atoms with E-state index < -0.39 is 42.5 Å². The Morgan fingerprint density at radius 2 is 2.00 bits per heavy atom. The van der Waals surface area contributed by atoms with E-state index >= 15 is 0 Å². The maximum absolute atomic E-state index is 13.1. The quantitative estimate of drug-likeness (QED) is 0.483.